The number of anilines is 2. The summed E-state index contributed by atoms with van der Waals surface area (Å²) in [6.45, 7) is 4.21. The number of para-hydroxylation sites is 1. The van der Waals surface area contributed by atoms with Crippen LogP contribution in [0.4, 0.5) is 16.2 Å². The SMILES string of the molecule is C=CCOC(=O)N1c2cc(O[SH-]#P)c(OC)cc2C(=O)N2c3ccccc3C[C@H]2C1OC1CCCCO1. The third-order valence-corrected chi connectivity index (χ3v) is 7.20. The molecule has 0 saturated carbocycles. The summed E-state index contributed by atoms with van der Waals surface area (Å²) in [5.74, 6) is 0.379. The second kappa shape index (κ2) is 11.3. The van der Waals surface area contributed by atoms with Crippen molar-refractivity contribution < 1.29 is 32.7 Å². The maximum atomic E-state index is 14.2. The van der Waals surface area contributed by atoms with E-state index in [0.29, 0.717) is 47.7 Å². The van der Waals surface area contributed by atoms with Gasteiger partial charge in [-0.1, -0.05) is 0 Å². The van der Waals surface area contributed by atoms with E-state index in [4.69, 9.17) is 23.1 Å². The van der Waals surface area contributed by atoms with Gasteiger partial charge < -0.3 is 0 Å². The Hall–Kier alpha value is -2.78. The second-order valence-corrected chi connectivity index (χ2v) is 9.66. The van der Waals surface area contributed by atoms with Crippen molar-refractivity contribution >= 4 is 42.2 Å². The summed E-state index contributed by atoms with van der Waals surface area (Å²) >= 11 is 0.321. The van der Waals surface area contributed by atoms with E-state index < -0.39 is 24.7 Å². The number of carbonyl (C=O) groups excluding carboxylic acids is 2. The first-order valence-electron chi connectivity index (χ1n) is 12.1. The quantitative estimate of drug-likeness (QED) is 0.226. The molecule has 0 N–H and O–H groups in total. The predicted molar refractivity (Wildman–Crippen MR) is 143 cm³/mol. The number of nitrogens with zero attached hydrogens (tertiary/aromatic N) is 2. The van der Waals surface area contributed by atoms with Crippen LogP contribution in [0, 0.1) is 0 Å². The number of ether oxygens (including phenoxy) is 4. The van der Waals surface area contributed by atoms with Crippen LogP contribution in [0.25, 0.3) is 0 Å². The molecular formula is C26H28N2O7PS-. The predicted octanol–water partition coefficient (Wildman–Crippen LogP) is 4.71. The zero-order valence-electron chi connectivity index (χ0n) is 20.4. The maximum absolute atomic E-state index is 14.2. The van der Waals surface area contributed by atoms with Crippen molar-refractivity contribution in [1.82, 2.24) is 0 Å². The molecular weight excluding hydrogens is 515 g/mol. The van der Waals surface area contributed by atoms with Crippen LogP contribution in [0.1, 0.15) is 35.2 Å². The number of benzene rings is 2. The number of methoxy groups -OCH3 is 1. The molecule has 9 nitrogen and oxygen atoms in total. The molecule has 3 heterocycles. The summed E-state index contributed by atoms with van der Waals surface area (Å²) in [5, 5.41) is 0. The summed E-state index contributed by atoms with van der Waals surface area (Å²) in [6.07, 6.45) is 2.46. The van der Waals surface area contributed by atoms with Crippen molar-refractivity contribution in [2.45, 2.75) is 44.2 Å². The number of hydrogen-bond acceptors (Lipinski definition) is 8. The van der Waals surface area contributed by atoms with Crippen LogP contribution < -0.4 is 18.7 Å². The molecule has 5 rings (SSSR count). The Bertz CT molecular complexity index is 1260. The van der Waals surface area contributed by atoms with Gasteiger partial charge in [0.05, 0.1) is 0 Å². The Kier molecular flexibility index (Phi) is 7.90. The van der Waals surface area contributed by atoms with E-state index in [9.17, 15) is 9.59 Å². The van der Waals surface area contributed by atoms with Crippen molar-refractivity contribution in [3.63, 3.8) is 0 Å². The number of thiol groups is 1. The molecule has 11 heteroatoms. The zero-order chi connectivity index (χ0) is 25.9. The van der Waals surface area contributed by atoms with Crippen molar-refractivity contribution in [3.8, 4) is 11.5 Å². The fourth-order valence-corrected chi connectivity index (χ4v) is 5.56. The topological polar surface area (TPSA) is 86.8 Å². The first-order valence-corrected chi connectivity index (χ1v) is 14.0. The average molecular weight is 544 g/mol. The number of amides is 2. The normalized spacial score (nSPS) is 22.4. The summed E-state index contributed by atoms with van der Waals surface area (Å²) in [6, 6.07) is 10.4. The summed E-state index contributed by atoms with van der Waals surface area (Å²) < 4.78 is 29.1. The van der Waals surface area contributed by atoms with Crippen LogP contribution in [0.5, 0.6) is 11.5 Å². The monoisotopic (exact) mass is 543 g/mol. The third kappa shape index (κ3) is 4.91. The molecule has 0 aliphatic carbocycles. The molecule has 2 aromatic carbocycles. The standard InChI is InChI=1S/C26H28N2O7PS/c1-3-11-33-26(30)28-19-15-22(35-37-36)21(31-2)14-17(19)24(29)27-18-9-5-4-8-16(18)13-20(27)25(28)34-23-10-6-7-12-32-23/h3-5,8-9,14-15,20,23,25,37H,1,6-7,10-13H2,2H3/q-1/t20-,23?,25?/m0/s1. The molecule has 0 bridgehead atoms. The molecule has 3 atom stereocenters. The van der Waals surface area contributed by atoms with Gasteiger partial charge >= 0.3 is 221 Å². The van der Waals surface area contributed by atoms with Gasteiger partial charge in [-0.05, 0) is 0 Å². The number of rotatable bonds is 6. The molecule has 0 aromatic heterocycles. The average Bonchev–Trinajstić information content (AvgIpc) is 3.27. The fourth-order valence-electron chi connectivity index (χ4n) is 5.06. The van der Waals surface area contributed by atoms with Crippen LogP contribution in [0.2, 0.25) is 0 Å². The van der Waals surface area contributed by atoms with E-state index in [1.165, 1.54) is 18.1 Å². The van der Waals surface area contributed by atoms with Gasteiger partial charge in [0.2, 0.25) is 0 Å². The van der Waals surface area contributed by atoms with E-state index in [2.05, 4.69) is 14.4 Å². The van der Waals surface area contributed by atoms with E-state index in [1.807, 2.05) is 24.3 Å². The third-order valence-electron chi connectivity index (χ3n) is 6.68. The molecule has 37 heavy (non-hydrogen) atoms. The van der Waals surface area contributed by atoms with E-state index in [-0.39, 0.29) is 18.1 Å². The van der Waals surface area contributed by atoms with Crippen LogP contribution in [-0.2, 0) is 31.7 Å². The molecule has 0 spiro atoms. The van der Waals surface area contributed by atoms with E-state index >= 15 is 0 Å². The fraction of sp³-hybridized carbons (Fsp3) is 0.385. The first-order chi connectivity index (χ1) is 18.1. The van der Waals surface area contributed by atoms with Crippen molar-refractivity contribution in [2.75, 3.05) is 30.1 Å². The summed E-state index contributed by atoms with van der Waals surface area (Å²) in [4.78, 5) is 30.9. The molecule has 196 valence electrons. The molecule has 0 radical (unpaired) electrons. The minimum atomic E-state index is -0.896. The molecule has 1 fully saturated rings. The van der Waals surface area contributed by atoms with Gasteiger partial charge in [0.15, 0.2) is 0 Å². The van der Waals surface area contributed by atoms with Crippen LogP contribution in [0.15, 0.2) is 49.1 Å². The molecule has 2 amide bonds. The molecule has 2 aromatic rings. The number of carbonyl (C=O) groups is 2. The van der Waals surface area contributed by atoms with Gasteiger partial charge in [-0.3, -0.25) is 0 Å². The van der Waals surface area contributed by atoms with Crippen LogP contribution in [0.3, 0.4) is 0 Å². The van der Waals surface area contributed by atoms with E-state index in [0.717, 1.165) is 24.1 Å². The van der Waals surface area contributed by atoms with Gasteiger partial charge in [0, 0.05) is 0 Å². The Morgan fingerprint density at radius 2 is 2.08 bits per heavy atom. The van der Waals surface area contributed by atoms with Gasteiger partial charge in [-0.25, -0.2) is 0 Å². The van der Waals surface area contributed by atoms with Crippen LogP contribution in [-0.4, -0.2) is 50.9 Å². The van der Waals surface area contributed by atoms with Gasteiger partial charge in [0.1, 0.15) is 0 Å². The van der Waals surface area contributed by atoms with E-state index in [1.54, 1.807) is 17.0 Å². The molecule has 1 saturated heterocycles. The van der Waals surface area contributed by atoms with Crippen LogP contribution >= 0.6 is 7.81 Å². The second-order valence-electron chi connectivity index (χ2n) is 8.83. The molecule has 3 aliphatic heterocycles. The van der Waals surface area contributed by atoms with Crippen molar-refractivity contribution in [3.05, 3.63) is 60.2 Å². The Labute approximate surface area is 220 Å². The Morgan fingerprint density at radius 1 is 1.24 bits per heavy atom. The minimum absolute atomic E-state index is 0.00532. The van der Waals surface area contributed by atoms with Gasteiger partial charge in [-0.2, -0.15) is 0 Å². The zero-order valence-corrected chi connectivity index (χ0v) is 22.2. The number of hydrogen-bond donors (Lipinski definition) is 0. The molecule has 3 aliphatic rings. The summed E-state index contributed by atoms with van der Waals surface area (Å²) in [7, 11) is 5.63. The summed E-state index contributed by atoms with van der Waals surface area (Å²) in [5.41, 5.74) is 2.31. The van der Waals surface area contributed by atoms with Crippen molar-refractivity contribution in [1.29, 1.82) is 0 Å². The van der Waals surface area contributed by atoms with Gasteiger partial charge in [-0.15, -0.1) is 0 Å². The van der Waals surface area contributed by atoms with Gasteiger partial charge in [0.25, 0.3) is 0 Å². The van der Waals surface area contributed by atoms with Crippen molar-refractivity contribution in [2.24, 2.45) is 0 Å². The Morgan fingerprint density at radius 3 is 2.81 bits per heavy atom. The first kappa shape index (κ1) is 25.9. The number of fused-ring (bicyclic) bond motifs is 4. The Balaban J connectivity index is 1.71. The molecule has 2 unspecified atom stereocenters.